The number of hydrogen-bond donors (Lipinski definition) is 2. The van der Waals surface area contributed by atoms with Crippen LogP contribution in [0.15, 0.2) is 102 Å². The number of amidine groups is 1. The van der Waals surface area contributed by atoms with Gasteiger partial charge in [-0.2, -0.15) is 5.10 Å². The van der Waals surface area contributed by atoms with Crippen molar-refractivity contribution < 1.29 is 9.15 Å². The minimum atomic E-state index is 0.249. The van der Waals surface area contributed by atoms with Gasteiger partial charge in [0.15, 0.2) is 0 Å². The first-order valence-electron chi connectivity index (χ1n) is 10.8. The maximum Gasteiger partial charge on any atom is 0.148 e. The number of ether oxygens (including phenoxy) is 1. The van der Waals surface area contributed by atoms with E-state index in [9.17, 15) is 0 Å². The van der Waals surface area contributed by atoms with Gasteiger partial charge in [0.1, 0.15) is 48.1 Å². The molecule has 0 atom stereocenters. The Morgan fingerprint density at radius 3 is 2.29 bits per heavy atom. The number of pyridine rings is 1. The van der Waals surface area contributed by atoms with Crippen molar-refractivity contribution in [1.29, 1.82) is 5.41 Å². The summed E-state index contributed by atoms with van der Waals surface area (Å²) < 4.78 is 13.6. The van der Waals surface area contributed by atoms with E-state index in [-0.39, 0.29) is 5.84 Å². The molecule has 0 saturated carbocycles. The molecule has 0 aliphatic carbocycles. The van der Waals surface area contributed by atoms with E-state index in [0.29, 0.717) is 18.8 Å². The van der Waals surface area contributed by atoms with E-state index in [4.69, 9.17) is 14.6 Å². The highest BCUT2D eigenvalue weighted by Crippen LogP contribution is 2.30. The fourth-order valence-electron chi connectivity index (χ4n) is 3.41. The Balaban J connectivity index is 1.20. The molecule has 5 aromatic rings. The molecule has 0 unspecified atom stereocenters. The first-order chi connectivity index (χ1) is 16.7. The molecule has 34 heavy (non-hydrogen) atoms. The second-order valence-electron chi connectivity index (χ2n) is 7.49. The van der Waals surface area contributed by atoms with Gasteiger partial charge in [-0.3, -0.25) is 10.4 Å². The molecule has 3 heterocycles. The van der Waals surface area contributed by atoms with Crippen LogP contribution in [0.2, 0.25) is 0 Å². The number of nitrogens with one attached hydrogen (secondary N) is 2. The van der Waals surface area contributed by atoms with Gasteiger partial charge < -0.3 is 14.5 Å². The van der Waals surface area contributed by atoms with E-state index in [0.717, 1.165) is 34.1 Å². The Kier molecular flexibility index (Phi) is 6.11. The van der Waals surface area contributed by atoms with Crippen molar-refractivity contribution in [3.63, 3.8) is 0 Å². The first-order valence-corrected chi connectivity index (χ1v) is 10.8. The second-order valence-corrected chi connectivity index (χ2v) is 7.49. The van der Waals surface area contributed by atoms with Crippen molar-refractivity contribution in [3.8, 4) is 28.4 Å². The molecule has 0 fully saturated rings. The van der Waals surface area contributed by atoms with E-state index >= 15 is 0 Å². The van der Waals surface area contributed by atoms with Crippen molar-refractivity contribution >= 4 is 11.5 Å². The van der Waals surface area contributed by atoms with Crippen LogP contribution in [0.4, 0.5) is 5.69 Å². The third-order valence-corrected chi connectivity index (χ3v) is 5.16. The highest BCUT2D eigenvalue weighted by Gasteiger charge is 2.08. The lowest BCUT2D eigenvalue weighted by Crippen LogP contribution is -2.13. The lowest BCUT2D eigenvalue weighted by Gasteiger charge is -2.08. The number of benzene rings is 2. The number of furan rings is 1. The molecule has 0 amide bonds. The molecule has 8 nitrogen and oxygen atoms in total. The summed E-state index contributed by atoms with van der Waals surface area (Å²) in [6, 6.07) is 25.0. The summed E-state index contributed by atoms with van der Waals surface area (Å²) in [5.41, 5.74) is 3.32. The van der Waals surface area contributed by atoms with Crippen LogP contribution in [0.5, 0.6) is 5.75 Å². The molecule has 0 aliphatic rings. The smallest absolute Gasteiger partial charge is 0.148 e. The first kappa shape index (κ1) is 21.1. The molecule has 2 aromatic carbocycles. The SMILES string of the molecule is N=C(Nc1ccc(-c2ccc(-c3ccc(OCCn4cncn4)cc3)o2)cc1)c1ccccn1. The van der Waals surface area contributed by atoms with Crippen LogP contribution in [-0.2, 0) is 6.54 Å². The predicted octanol–water partition coefficient (Wildman–Crippen LogP) is 5.12. The Bertz CT molecular complexity index is 1340. The van der Waals surface area contributed by atoms with Gasteiger partial charge in [-0.25, -0.2) is 9.67 Å². The normalized spacial score (nSPS) is 10.7. The summed E-state index contributed by atoms with van der Waals surface area (Å²) in [6.07, 6.45) is 4.84. The molecular formula is C26H22N6O2. The topological polar surface area (TPSA) is 102 Å². The van der Waals surface area contributed by atoms with Crippen molar-refractivity contribution in [2.75, 3.05) is 11.9 Å². The molecule has 168 valence electrons. The largest absolute Gasteiger partial charge is 0.492 e. The lowest BCUT2D eigenvalue weighted by molar-refractivity contribution is 0.291. The van der Waals surface area contributed by atoms with E-state index in [2.05, 4.69) is 20.4 Å². The molecule has 0 radical (unpaired) electrons. The zero-order valence-electron chi connectivity index (χ0n) is 18.3. The standard InChI is InChI=1S/C26H22N6O2/c27-26(23-3-1-2-14-29-23)31-21-8-4-19(5-9-21)24-12-13-25(34-24)20-6-10-22(11-7-20)33-16-15-32-18-28-17-30-32/h1-14,17-18H,15-16H2,(H2,27,31). The molecule has 8 heteroatoms. The summed E-state index contributed by atoms with van der Waals surface area (Å²) in [5, 5.41) is 15.3. The summed E-state index contributed by atoms with van der Waals surface area (Å²) in [6.45, 7) is 1.15. The molecule has 0 spiro atoms. The van der Waals surface area contributed by atoms with Crippen LogP contribution in [0, 0.1) is 5.41 Å². The van der Waals surface area contributed by atoms with Gasteiger partial charge in [-0.15, -0.1) is 0 Å². The van der Waals surface area contributed by atoms with Gasteiger partial charge >= 0.3 is 0 Å². The summed E-state index contributed by atoms with van der Waals surface area (Å²) in [7, 11) is 0. The number of hydrogen-bond acceptors (Lipinski definition) is 6. The number of rotatable bonds is 8. The zero-order valence-corrected chi connectivity index (χ0v) is 18.3. The van der Waals surface area contributed by atoms with Crippen molar-refractivity contribution in [2.24, 2.45) is 0 Å². The quantitative estimate of drug-likeness (QED) is 0.251. The Labute approximate surface area is 196 Å². The molecular weight excluding hydrogens is 428 g/mol. The fourth-order valence-corrected chi connectivity index (χ4v) is 3.41. The average Bonchev–Trinajstić information content (AvgIpc) is 3.58. The van der Waals surface area contributed by atoms with Gasteiger partial charge in [-0.1, -0.05) is 6.07 Å². The maximum absolute atomic E-state index is 8.16. The van der Waals surface area contributed by atoms with Crippen LogP contribution in [-0.4, -0.2) is 32.2 Å². The number of anilines is 1. The van der Waals surface area contributed by atoms with Gasteiger partial charge in [0.05, 0.1) is 6.54 Å². The predicted molar refractivity (Wildman–Crippen MR) is 130 cm³/mol. The Morgan fingerprint density at radius 2 is 1.65 bits per heavy atom. The highest BCUT2D eigenvalue weighted by molar-refractivity contribution is 6.04. The Morgan fingerprint density at radius 1 is 0.912 bits per heavy atom. The highest BCUT2D eigenvalue weighted by atomic mass is 16.5. The van der Waals surface area contributed by atoms with E-state index in [1.54, 1.807) is 23.3 Å². The molecule has 0 bridgehead atoms. The second kappa shape index (κ2) is 9.83. The lowest BCUT2D eigenvalue weighted by atomic mass is 10.1. The van der Waals surface area contributed by atoms with Gasteiger partial charge in [0.25, 0.3) is 0 Å². The summed E-state index contributed by atoms with van der Waals surface area (Å²) in [4.78, 5) is 8.10. The minimum Gasteiger partial charge on any atom is -0.492 e. The molecule has 3 aromatic heterocycles. The summed E-state index contributed by atoms with van der Waals surface area (Å²) in [5.74, 6) is 2.59. The van der Waals surface area contributed by atoms with Crippen LogP contribution in [0.1, 0.15) is 5.69 Å². The molecule has 2 N–H and O–H groups in total. The Hall–Kier alpha value is -4.72. The van der Waals surface area contributed by atoms with Crippen molar-refractivity contribution in [1.82, 2.24) is 19.7 Å². The number of nitrogens with zero attached hydrogens (tertiary/aromatic N) is 4. The van der Waals surface area contributed by atoms with Gasteiger partial charge in [-0.05, 0) is 72.8 Å². The van der Waals surface area contributed by atoms with Crippen LogP contribution < -0.4 is 10.1 Å². The van der Waals surface area contributed by atoms with E-state index in [1.807, 2.05) is 72.8 Å². The summed E-state index contributed by atoms with van der Waals surface area (Å²) >= 11 is 0. The molecule has 0 saturated heterocycles. The fraction of sp³-hybridized carbons (Fsp3) is 0.0769. The van der Waals surface area contributed by atoms with Crippen LogP contribution >= 0.6 is 0 Å². The van der Waals surface area contributed by atoms with E-state index in [1.165, 1.54) is 6.33 Å². The number of aromatic nitrogens is 4. The molecule has 0 aliphatic heterocycles. The van der Waals surface area contributed by atoms with Crippen LogP contribution in [0.25, 0.3) is 22.6 Å². The monoisotopic (exact) mass is 450 g/mol. The third-order valence-electron chi connectivity index (χ3n) is 5.16. The zero-order chi connectivity index (χ0) is 23.2. The van der Waals surface area contributed by atoms with Gasteiger partial charge in [0.2, 0.25) is 0 Å². The van der Waals surface area contributed by atoms with Crippen molar-refractivity contribution in [3.05, 3.63) is 103 Å². The third kappa shape index (κ3) is 5.02. The van der Waals surface area contributed by atoms with E-state index < -0.39 is 0 Å². The van der Waals surface area contributed by atoms with Crippen LogP contribution in [0.3, 0.4) is 0 Å². The maximum atomic E-state index is 8.16. The molecule has 5 rings (SSSR count). The van der Waals surface area contributed by atoms with Crippen molar-refractivity contribution in [2.45, 2.75) is 6.54 Å². The minimum absolute atomic E-state index is 0.249. The average molecular weight is 451 g/mol. The van der Waals surface area contributed by atoms with Gasteiger partial charge in [0, 0.05) is 23.0 Å².